The lowest BCUT2D eigenvalue weighted by atomic mass is 9.89. The van der Waals surface area contributed by atoms with E-state index in [9.17, 15) is 0 Å². The normalized spacial score (nSPS) is 10.7. The lowest BCUT2D eigenvalue weighted by Gasteiger charge is -2.16. The van der Waals surface area contributed by atoms with Crippen LogP contribution >= 0.6 is 0 Å². The quantitative estimate of drug-likeness (QED) is 0.705. The summed E-state index contributed by atoms with van der Waals surface area (Å²) < 4.78 is 0. The first-order chi connectivity index (χ1) is 9.30. The molecule has 0 aliphatic heterocycles. The van der Waals surface area contributed by atoms with E-state index in [4.69, 9.17) is 0 Å². The second-order valence-electron chi connectivity index (χ2n) is 5.06. The number of hydrogen-bond donors (Lipinski definition) is 0. The third-order valence-corrected chi connectivity index (χ3v) is 3.95. The molecule has 0 saturated heterocycles. The van der Waals surface area contributed by atoms with Gasteiger partial charge in [0.1, 0.15) is 0 Å². The Kier molecular flexibility index (Phi) is 4.79. The van der Waals surface area contributed by atoms with Crippen LogP contribution in [0.25, 0.3) is 0 Å². The van der Waals surface area contributed by atoms with E-state index in [1.807, 2.05) is 0 Å². The van der Waals surface area contributed by atoms with E-state index >= 15 is 0 Å². The zero-order valence-corrected chi connectivity index (χ0v) is 12.4. The summed E-state index contributed by atoms with van der Waals surface area (Å²) in [6, 6.07) is 15.4. The van der Waals surface area contributed by atoms with Gasteiger partial charge in [-0.3, -0.25) is 0 Å². The molecule has 0 spiro atoms. The molecule has 100 valence electrons. The molecular weight excluding hydrogens is 228 g/mol. The first kappa shape index (κ1) is 13.9. The molecule has 0 aliphatic rings. The highest BCUT2D eigenvalue weighted by atomic mass is 14.1. The minimum Gasteiger partial charge on any atom is -0.0622 e. The topological polar surface area (TPSA) is 0 Å². The summed E-state index contributed by atoms with van der Waals surface area (Å²) in [7, 11) is 0. The van der Waals surface area contributed by atoms with E-state index in [-0.39, 0.29) is 0 Å². The number of aryl methyl sites for hydroxylation is 1. The Morgan fingerprint density at radius 2 is 1.21 bits per heavy atom. The summed E-state index contributed by atoms with van der Waals surface area (Å²) in [6.07, 6.45) is 4.48. The number of benzene rings is 2. The van der Waals surface area contributed by atoms with Gasteiger partial charge in [-0.25, -0.2) is 0 Å². The number of rotatable bonds is 5. The second kappa shape index (κ2) is 6.56. The van der Waals surface area contributed by atoms with Crippen molar-refractivity contribution < 1.29 is 0 Å². The second-order valence-corrected chi connectivity index (χ2v) is 5.06. The summed E-state index contributed by atoms with van der Waals surface area (Å²) in [6.45, 7) is 6.81. The van der Waals surface area contributed by atoms with Gasteiger partial charge < -0.3 is 0 Å². The highest BCUT2D eigenvalue weighted by Gasteiger charge is 2.10. The van der Waals surface area contributed by atoms with Gasteiger partial charge in [0, 0.05) is 0 Å². The van der Waals surface area contributed by atoms with Crippen molar-refractivity contribution in [3.63, 3.8) is 0 Å². The molecular formula is C19H24. The summed E-state index contributed by atoms with van der Waals surface area (Å²) in [5.74, 6) is 0. The summed E-state index contributed by atoms with van der Waals surface area (Å²) in [5.41, 5.74) is 7.59. The van der Waals surface area contributed by atoms with Crippen LogP contribution in [-0.2, 0) is 25.7 Å². The number of hydrogen-bond acceptors (Lipinski definition) is 0. The van der Waals surface area contributed by atoms with Crippen LogP contribution in [0.3, 0.4) is 0 Å². The Morgan fingerprint density at radius 3 is 1.79 bits per heavy atom. The van der Waals surface area contributed by atoms with Crippen molar-refractivity contribution in [1.29, 1.82) is 0 Å². The lowest BCUT2D eigenvalue weighted by Crippen LogP contribution is -2.03. The zero-order chi connectivity index (χ0) is 13.7. The standard InChI is InChI=1S/C19H24/c1-4-16-12-13-17(19(6-3)18(16)5-2)14-15-10-8-7-9-11-15/h7-13H,4-6,14H2,1-3H3. The molecule has 0 N–H and O–H groups in total. The van der Waals surface area contributed by atoms with Crippen molar-refractivity contribution in [1.82, 2.24) is 0 Å². The van der Waals surface area contributed by atoms with Crippen LogP contribution in [0.5, 0.6) is 0 Å². The van der Waals surface area contributed by atoms with Gasteiger partial charge >= 0.3 is 0 Å². The molecule has 0 atom stereocenters. The summed E-state index contributed by atoms with van der Waals surface area (Å²) >= 11 is 0. The van der Waals surface area contributed by atoms with E-state index in [1.54, 1.807) is 11.1 Å². The van der Waals surface area contributed by atoms with Crippen LogP contribution in [0.2, 0.25) is 0 Å². The molecule has 19 heavy (non-hydrogen) atoms. The fraction of sp³-hybridized carbons (Fsp3) is 0.368. The Morgan fingerprint density at radius 1 is 0.632 bits per heavy atom. The van der Waals surface area contributed by atoms with Gasteiger partial charge in [0.2, 0.25) is 0 Å². The van der Waals surface area contributed by atoms with Crippen LogP contribution in [0.1, 0.15) is 48.6 Å². The Labute approximate surface area is 117 Å². The van der Waals surface area contributed by atoms with Crippen LogP contribution in [-0.4, -0.2) is 0 Å². The van der Waals surface area contributed by atoms with Gasteiger partial charge in [0.05, 0.1) is 0 Å². The molecule has 2 aromatic rings. The molecule has 0 bridgehead atoms. The predicted molar refractivity (Wildman–Crippen MR) is 83.8 cm³/mol. The van der Waals surface area contributed by atoms with Crippen LogP contribution in [0.4, 0.5) is 0 Å². The molecule has 0 nitrogen and oxygen atoms in total. The van der Waals surface area contributed by atoms with Crippen LogP contribution in [0.15, 0.2) is 42.5 Å². The predicted octanol–water partition coefficient (Wildman–Crippen LogP) is 4.96. The fourth-order valence-corrected chi connectivity index (χ4v) is 2.98. The van der Waals surface area contributed by atoms with E-state index in [0.29, 0.717) is 0 Å². The van der Waals surface area contributed by atoms with E-state index < -0.39 is 0 Å². The maximum atomic E-state index is 2.34. The van der Waals surface area contributed by atoms with E-state index in [0.717, 1.165) is 25.7 Å². The molecule has 0 heteroatoms. The summed E-state index contributed by atoms with van der Waals surface area (Å²) in [4.78, 5) is 0. The third-order valence-electron chi connectivity index (χ3n) is 3.95. The molecule has 2 aromatic carbocycles. The SMILES string of the molecule is CCc1ccc(Cc2ccccc2)c(CC)c1CC. The van der Waals surface area contributed by atoms with E-state index in [2.05, 4.69) is 63.2 Å². The highest BCUT2D eigenvalue weighted by Crippen LogP contribution is 2.23. The van der Waals surface area contributed by atoms with Crippen LogP contribution < -0.4 is 0 Å². The van der Waals surface area contributed by atoms with Gasteiger partial charge in [0.25, 0.3) is 0 Å². The van der Waals surface area contributed by atoms with Gasteiger partial charge in [0.15, 0.2) is 0 Å². The first-order valence-electron chi connectivity index (χ1n) is 7.46. The Balaban J connectivity index is 2.40. The van der Waals surface area contributed by atoms with Crippen molar-refractivity contribution in [2.45, 2.75) is 46.5 Å². The molecule has 0 fully saturated rings. The van der Waals surface area contributed by atoms with Crippen molar-refractivity contribution in [3.8, 4) is 0 Å². The Bertz CT molecular complexity index is 523. The maximum absolute atomic E-state index is 2.34. The van der Waals surface area contributed by atoms with Crippen molar-refractivity contribution in [2.24, 2.45) is 0 Å². The zero-order valence-electron chi connectivity index (χ0n) is 12.4. The first-order valence-corrected chi connectivity index (χ1v) is 7.46. The molecule has 0 heterocycles. The smallest absolute Gasteiger partial charge is 0.00229 e. The Hall–Kier alpha value is -1.56. The lowest BCUT2D eigenvalue weighted by molar-refractivity contribution is 0.953. The van der Waals surface area contributed by atoms with Crippen molar-refractivity contribution >= 4 is 0 Å². The minimum atomic E-state index is 1.06. The van der Waals surface area contributed by atoms with Gasteiger partial charge in [-0.1, -0.05) is 63.2 Å². The molecule has 2 rings (SSSR count). The third kappa shape index (κ3) is 3.07. The fourth-order valence-electron chi connectivity index (χ4n) is 2.98. The molecule has 0 amide bonds. The van der Waals surface area contributed by atoms with E-state index in [1.165, 1.54) is 16.7 Å². The van der Waals surface area contributed by atoms with Gasteiger partial charge in [-0.2, -0.15) is 0 Å². The average molecular weight is 252 g/mol. The van der Waals surface area contributed by atoms with Crippen molar-refractivity contribution in [2.75, 3.05) is 0 Å². The molecule has 0 radical (unpaired) electrons. The molecule has 0 unspecified atom stereocenters. The van der Waals surface area contributed by atoms with Gasteiger partial charge in [-0.05, 0) is 53.5 Å². The molecule has 0 saturated carbocycles. The average Bonchev–Trinajstić information content (AvgIpc) is 2.47. The maximum Gasteiger partial charge on any atom is -0.00229 e. The van der Waals surface area contributed by atoms with Crippen molar-refractivity contribution in [3.05, 3.63) is 70.3 Å². The molecule has 0 aliphatic carbocycles. The van der Waals surface area contributed by atoms with Crippen LogP contribution in [0, 0.1) is 0 Å². The molecule has 0 aromatic heterocycles. The largest absolute Gasteiger partial charge is 0.0622 e. The van der Waals surface area contributed by atoms with Gasteiger partial charge in [-0.15, -0.1) is 0 Å². The highest BCUT2D eigenvalue weighted by molar-refractivity contribution is 5.43. The summed E-state index contributed by atoms with van der Waals surface area (Å²) in [5, 5.41) is 0. The monoisotopic (exact) mass is 252 g/mol. The minimum absolute atomic E-state index is 1.06.